The van der Waals surface area contributed by atoms with Crippen molar-refractivity contribution in [1.29, 1.82) is 0 Å². The van der Waals surface area contributed by atoms with Crippen molar-refractivity contribution in [2.75, 3.05) is 20.3 Å². The maximum absolute atomic E-state index is 11.8. The molecule has 0 atom stereocenters. The average Bonchev–Trinajstić information content (AvgIpc) is 2.60. The quantitative estimate of drug-likeness (QED) is 0.609. The number of aromatic nitrogens is 1. The molecule has 0 unspecified atom stereocenters. The molecule has 0 aliphatic carbocycles. The number of hydrogen-bond acceptors (Lipinski definition) is 3. The minimum atomic E-state index is -3.45. The fraction of sp³-hybridized carbons (Fsp3) is 0.556. The first kappa shape index (κ1) is 13.5. The topological polar surface area (TPSA) is 60.3 Å². The summed E-state index contributed by atoms with van der Waals surface area (Å²) >= 11 is 5.67. The number of rotatable bonds is 6. The van der Waals surface area contributed by atoms with Crippen LogP contribution in [0, 0.1) is 0 Å². The number of nitrogens with one attached hydrogen (secondary N) is 1. The smallest absolute Gasteiger partial charge is 0.242 e. The van der Waals surface area contributed by atoms with Crippen molar-refractivity contribution in [2.24, 2.45) is 7.05 Å². The Morgan fingerprint density at radius 3 is 2.75 bits per heavy atom. The fourth-order valence-corrected chi connectivity index (χ4v) is 2.59. The van der Waals surface area contributed by atoms with Crippen LogP contribution < -0.4 is 4.72 Å². The van der Waals surface area contributed by atoms with Gasteiger partial charge in [-0.3, -0.25) is 0 Å². The highest BCUT2D eigenvalue weighted by molar-refractivity contribution is 7.89. The molecule has 1 aromatic rings. The van der Waals surface area contributed by atoms with Gasteiger partial charge in [-0.25, -0.2) is 13.1 Å². The summed E-state index contributed by atoms with van der Waals surface area (Å²) in [5, 5.41) is 0. The lowest BCUT2D eigenvalue weighted by Crippen LogP contribution is -2.26. The first-order valence-corrected chi connectivity index (χ1v) is 6.73. The van der Waals surface area contributed by atoms with Gasteiger partial charge in [0.2, 0.25) is 10.0 Å². The third kappa shape index (κ3) is 3.21. The Morgan fingerprint density at radius 1 is 1.56 bits per heavy atom. The molecule has 0 bridgehead atoms. The van der Waals surface area contributed by atoms with Crippen molar-refractivity contribution in [3.05, 3.63) is 18.0 Å². The van der Waals surface area contributed by atoms with Crippen molar-refractivity contribution in [3.8, 4) is 0 Å². The first-order chi connectivity index (χ1) is 7.51. The minimum Gasteiger partial charge on any atom is -0.383 e. The molecule has 16 heavy (non-hydrogen) atoms. The number of aryl methyl sites for hydroxylation is 1. The Kier molecular flexibility index (Phi) is 4.79. The van der Waals surface area contributed by atoms with Crippen molar-refractivity contribution in [2.45, 2.75) is 10.8 Å². The number of hydrogen-bond donors (Lipinski definition) is 1. The molecule has 0 spiro atoms. The number of methoxy groups -OCH3 is 1. The Labute approximate surface area is 100 Å². The summed E-state index contributed by atoms with van der Waals surface area (Å²) in [6.07, 6.45) is 1.53. The Bertz CT molecular complexity index is 442. The molecule has 1 heterocycles. The van der Waals surface area contributed by atoms with Gasteiger partial charge in [0.05, 0.1) is 17.4 Å². The molecule has 0 saturated carbocycles. The van der Waals surface area contributed by atoms with E-state index in [0.29, 0.717) is 6.61 Å². The average molecular weight is 267 g/mol. The summed E-state index contributed by atoms with van der Waals surface area (Å²) in [6.45, 7) is 0.596. The van der Waals surface area contributed by atoms with Gasteiger partial charge < -0.3 is 9.30 Å². The molecule has 0 aliphatic heterocycles. The van der Waals surface area contributed by atoms with E-state index in [9.17, 15) is 8.42 Å². The van der Waals surface area contributed by atoms with Crippen molar-refractivity contribution in [3.63, 3.8) is 0 Å². The first-order valence-electron chi connectivity index (χ1n) is 4.71. The lowest BCUT2D eigenvalue weighted by atomic mass is 10.5. The Morgan fingerprint density at radius 2 is 2.25 bits per heavy atom. The van der Waals surface area contributed by atoms with Gasteiger partial charge in [0, 0.05) is 32.6 Å². The second-order valence-electron chi connectivity index (χ2n) is 3.30. The number of ether oxygens (including phenoxy) is 1. The summed E-state index contributed by atoms with van der Waals surface area (Å²) in [5.41, 5.74) is 0.758. The zero-order chi connectivity index (χ0) is 12.2. The third-order valence-corrected chi connectivity index (χ3v) is 3.83. The molecule has 0 aromatic carbocycles. The highest BCUT2D eigenvalue weighted by Crippen LogP contribution is 2.14. The zero-order valence-electron chi connectivity index (χ0n) is 9.23. The normalized spacial score (nSPS) is 11.9. The van der Waals surface area contributed by atoms with Crippen LogP contribution in [0.1, 0.15) is 5.69 Å². The van der Waals surface area contributed by atoms with Gasteiger partial charge >= 0.3 is 0 Å². The second-order valence-corrected chi connectivity index (χ2v) is 5.34. The van der Waals surface area contributed by atoms with Crippen LogP contribution in [-0.4, -0.2) is 33.2 Å². The van der Waals surface area contributed by atoms with Crippen LogP contribution in [0.5, 0.6) is 0 Å². The lowest BCUT2D eigenvalue weighted by molar-refractivity contribution is 0.204. The molecule has 0 fully saturated rings. The van der Waals surface area contributed by atoms with Crippen LogP contribution in [0.25, 0.3) is 0 Å². The largest absolute Gasteiger partial charge is 0.383 e. The number of nitrogens with zero attached hydrogens (tertiary/aromatic N) is 1. The SMILES string of the molecule is COCCNS(=O)(=O)c1cc(CCl)n(C)c1. The van der Waals surface area contributed by atoms with Crippen molar-refractivity contribution in [1.82, 2.24) is 9.29 Å². The van der Waals surface area contributed by atoms with Crippen LogP contribution in [0.3, 0.4) is 0 Å². The van der Waals surface area contributed by atoms with E-state index in [0.717, 1.165) is 5.69 Å². The van der Waals surface area contributed by atoms with Crippen LogP contribution in [0.2, 0.25) is 0 Å². The molecule has 0 saturated heterocycles. The van der Waals surface area contributed by atoms with E-state index >= 15 is 0 Å². The number of alkyl halides is 1. The number of sulfonamides is 1. The second kappa shape index (κ2) is 5.67. The van der Waals surface area contributed by atoms with Gasteiger partial charge in [-0.1, -0.05) is 0 Å². The van der Waals surface area contributed by atoms with Gasteiger partial charge in [0.25, 0.3) is 0 Å². The standard InChI is InChI=1S/C9H15ClN2O3S/c1-12-7-9(5-8(12)6-10)16(13,14)11-3-4-15-2/h5,7,11H,3-4,6H2,1-2H3. The highest BCUT2D eigenvalue weighted by Gasteiger charge is 2.16. The van der Waals surface area contributed by atoms with Crippen LogP contribution in [0.4, 0.5) is 0 Å². The van der Waals surface area contributed by atoms with E-state index in [-0.39, 0.29) is 17.3 Å². The third-order valence-electron chi connectivity index (χ3n) is 2.13. The van der Waals surface area contributed by atoms with Crippen LogP contribution in [-0.2, 0) is 27.7 Å². The molecule has 1 rings (SSSR count). The van der Waals surface area contributed by atoms with Gasteiger partial charge in [-0.05, 0) is 6.07 Å². The molecular weight excluding hydrogens is 252 g/mol. The molecule has 0 amide bonds. The van der Waals surface area contributed by atoms with E-state index in [1.54, 1.807) is 17.7 Å². The van der Waals surface area contributed by atoms with E-state index in [2.05, 4.69) is 4.72 Å². The Hall–Kier alpha value is -0.560. The van der Waals surface area contributed by atoms with Gasteiger partial charge in [-0.15, -0.1) is 11.6 Å². The number of halogens is 1. The molecule has 7 heteroatoms. The van der Waals surface area contributed by atoms with Gasteiger partial charge in [0.1, 0.15) is 0 Å². The Balaban J connectivity index is 2.81. The fourth-order valence-electron chi connectivity index (χ4n) is 1.22. The van der Waals surface area contributed by atoms with Crippen molar-refractivity contribution >= 4 is 21.6 Å². The van der Waals surface area contributed by atoms with E-state index < -0.39 is 10.0 Å². The van der Waals surface area contributed by atoms with Gasteiger partial charge in [0.15, 0.2) is 0 Å². The summed E-state index contributed by atoms with van der Waals surface area (Å²) in [6, 6.07) is 1.56. The van der Waals surface area contributed by atoms with E-state index in [4.69, 9.17) is 16.3 Å². The predicted molar refractivity (Wildman–Crippen MR) is 62.0 cm³/mol. The highest BCUT2D eigenvalue weighted by atomic mass is 35.5. The van der Waals surface area contributed by atoms with E-state index in [1.807, 2.05) is 0 Å². The van der Waals surface area contributed by atoms with Crippen LogP contribution >= 0.6 is 11.6 Å². The summed E-state index contributed by atoms with van der Waals surface area (Å²) in [5.74, 6) is 0.282. The maximum atomic E-state index is 11.8. The monoisotopic (exact) mass is 266 g/mol. The predicted octanol–water partition coefficient (Wildman–Crippen LogP) is 0.689. The van der Waals surface area contributed by atoms with Crippen LogP contribution in [0.15, 0.2) is 17.2 Å². The molecular formula is C9H15ClN2O3S. The summed E-state index contributed by atoms with van der Waals surface area (Å²) in [4.78, 5) is 0.224. The minimum absolute atomic E-state index is 0.224. The zero-order valence-corrected chi connectivity index (χ0v) is 10.8. The molecule has 5 nitrogen and oxygen atoms in total. The van der Waals surface area contributed by atoms with Gasteiger partial charge in [-0.2, -0.15) is 0 Å². The summed E-state index contributed by atoms with van der Waals surface area (Å²) in [7, 11) is -0.182. The van der Waals surface area contributed by atoms with Crippen molar-refractivity contribution < 1.29 is 13.2 Å². The molecule has 0 radical (unpaired) electrons. The maximum Gasteiger partial charge on any atom is 0.242 e. The molecule has 1 N–H and O–H groups in total. The van der Waals surface area contributed by atoms with E-state index in [1.165, 1.54) is 13.3 Å². The lowest BCUT2D eigenvalue weighted by Gasteiger charge is -2.03. The summed E-state index contributed by atoms with van der Waals surface area (Å²) < 4.78 is 32.4. The molecule has 0 aliphatic rings. The molecule has 92 valence electrons. The molecule has 1 aromatic heterocycles.